The van der Waals surface area contributed by atoms with Crippen molar-refractivity contribution in [2.45, 2.75) is 18.7 Å². The highest BCUT2D eigenvalue weighted by atomic mass is 32.2. The number of nitrogens with one attached hydrogen (secondary N) is 1. The van der Waals surface area contributed by atoms with Gasteiger partial charge in [0.25, 0.3) is 5.91 Å². The third-order valence-electron chi connectivity index (χ3n) is 2.89. The monoisotopic (exact) mass is 305 g/mol. The lowest BCUT2D eigenvalue weighted by molar-refractivity contribution is 0.102. The fourth-order valence-corrected chi connectivity index (χ4v) is 2.67. The Balaban J connectivity index is 2.30. The van der Waals surface area contributed by atoms with Crippen molar-refractivity contribution < 1.29 is 13.2 Å². The van der Waals surface area contributed by atoms with E-state index in [2.05, 4.69) is 10.3 Å². The number of nitrogens with two attached hydrogens (primary N) is 1. The summed E-state index contributed by atoms with van der Waals surface area (Å²) < 4.78 is 22.9. The van der Waals surface area contributed by atoms with E-state index in [1.807, 2.05) is 6.92 Å². The normalized spacial score (nSPS) is 11.2. The van der Waals surface area contributed by atoms with Gasteiger partial charge in [-0.2, -0.15) is 0 Å². The number of rotatable bonds is 3. The number of carbonyl (C=O) groups excluding carboxylic acids is 1. The molecule has 110 valence electrons. The van der Waals surface area contributed by atoms with E-state index in [0.717, 1.165) is 5.56 Å². The van der Waals surface area contributed by atoms with Gasteiger partial charge in [-0.25, -0.2) is 13.6 Å². The van der Waals surface area contributed by atoms with Crippen LogP contribution in [0.15, 0.2) is 41.6 Å². The van der Waals surface area contributed by atoms with Gasteiger partial charge in [0, 0.05) is 18.1 Å². The van der Waals surface area contributed by atoms with E-state index in [4.69, 9.17) is 5.14 Å². The van der Waals surface area contributed by atoms with Gasteiger partial charge in [-0.1, -0.05) is 6.07 Å². The molecule has 0 fully saturated rings. The molecule has 2 aromatic rings. The number of benzene rings is 1. The van der Waals surface area contributed by atoms with Crippen LogP contribution in [0.1, 0.15) is 21.5 Å². The molecular formula is C14H15N3O3S. The van der Waals surface area contributed by atoms with Crippen LogP contribution in [-0.4, -0.2) is 19.3 Å². The van der Waals surface area contributed by atoms with E-state index in [-0.39, 0.29) is 10.8 Å². The third kappa shape index (κ3) is 3.65. The number of anilines is 1. The van der Waals surface area contributed by atoms with E-state index in [1.54, 1.807) is 31.3 Å². The Morgan fingerprint density at radius 3 is 2.52 bits per heavy atom. The van der Waals surface area contributed by atoms with Crippen LogP contribution in [0.4, 0.5) is 5.69 Å². The van der Waals surface area contributed by atoms with E-state index in [0.29, 0.717) is 16.8 Å². The Kier molecular flexibility index (Phi) is 4.06. The second-order valence-corrected chi connectivity index (χ2v) is 6.26. The van der Waals surface area contributed by atoms with E-state index in [9.17, 15) is 13.2 Å². The van der Waals surface area contributed by atoms with E-state index in [1.165, 1.54) is 12.3 Å². The topological polar surface area (TPSA) is 102 Å². The summed E-state index contributed by atoms with van der Waals surface area (Å²) in [4.78, 5) is 16.0. The zero-order valence-electron chi connectivity index (χ0n) is 11.6. The Labute approximate surface area is 123 Å². The summed E-state index contributed by atoms with van der Waals surface area (Å²) in [5.74, 6) is -0.365. The molecule has 0 radical (unpaired) electrons. The quantitative estimate of drug-likeness (QED) is 0.899. The van der Waals surface area contributed by atoms with Crippen molar-refractivity contribution >= 4 is 21.6 Å². The largest absolute Gasteiger partial charge is 0.322 e. The highest BCUT2D eigenvalue weighted by Crippen LogP contribution is 2.19. The van der Waals surface area contributed by atoms with Crippen molar-refractivity contribution in [2.75, 3.05) is 5.32 Å². The van der Waals surface area contributed by atoms with Gasteiger partial charge in [0.15, 0.2) is 0 Å². The van der Waals surface area contributed by atoms with Gasteiger partial charge in [0.2, 0.25) is 10.0 Å². The number of primary sulfonamides is 1. The molecule has 1 aromatic heterocycles. The zero-order chi connectivity index (χ0) is 15.6. The number of pyridine rings is 1. The maximum atomic E-state index is 12.1. The molecule has 0 aliphatic carbocycles. The molecule has 0 unspecified atom stereocenters. The minimum absolute atomic E-state index is 0.0114. The van der Waals surface area contributed by atoms with Crippen LogP contribution in [0.5, 0.6) is 0 Å². The number of sulfonamides is 1. The van der Waals surface area contributed by atoms with Crippen molar-refractivity contribution in [3.8, 4) is 0 Å². The van der Waals surface area contributed by atoms with Crippen LogP contribution in [0.2, 0.25) is 0 Å². The number of carbonyl (C=O) groups is 1. The van der Waals surface area contributed by atoms with Gasteiger partial charge in [-0.3, -0.25) is 9.78 Å². The van der Waals surface area contributed by atoms with Crippen LogP contribution in [-0.2, 0) is 10.0 Å². The van der Waals surface area contributed by atoms with E-state index >= 15 is 0 Å². The number of amides is 1. The molecule has 0 spiro atoms. The maximum absolute atomic E-state index is 12.1. The van der Waals surface area contributed by atoms with Gasteiger partial charge in [0.05, 0.1) is 10.5 Å². The molecule has 21 heavy (non-hydrogen) atoms. The van der Waals surface area contributed by atoms with Crippen LogP contribution in [0.3, 0.4) is 0 Å². The van der Waals surface area contributed by atoms with Crippen molar-refractivity contribution in [2.24, 2.45) is 5.14 Å². The average molecular weight is 305 g/mol. The Morgan fingerprint density at radius 1 is 1.19 bits per heavy atom. The summed E-state index contributed by atoms with van der Waals surface area (Å²) in [5.41, 5.74) is 2.13. The minimum atomic E-state index is -3.83. The van der Waals surface area contributed by atoms with Crippen molar-refractivity contribution in [1.29, 1.82) is 0 Å². The standard InChI is InChI=1S/C14H15N3O3S/c1-9-5-11(8-16-7-9)14(18)17-12-4-3-10(2)13(6-12)21(15,19)20/h3-8H,1-2H3,(H,17,18)(H2,15,19,20). The zero-order valence-corrected chi connectivity index (χ0v) is 12.4. The van der Waals surface area contributed by atoms with Gasteiger partial charge in [0.1, 0.15) is 0 Å². The molecule has 0 aliphatic rings. The van der Waals surface area contributed by atoms with Crippen LogP contribution in [0.25, 0.3) is 0 Å². The SMILES string of the molecule is Cc1cncc(C(=O)Nc2ccc(C)c(S(N)(=O)=O)c2)c1. The predicted molar refractivity (Wildman–Crippen MR) is 79.5 cm³/mol. The van der Waals surface area contributed by atoms with Crippen LogP contribution < -0.4 is 10.5 Å². The molecule has 1 heterocycles. The van der Waals surface area contributed by atoms with Crippen molar-refractivity contribution in [3.63, 3.8) is 0 Å². The molecular weight excluding hydrogens is 290 g/mol. The predicted octanol–water partition coefficient (Wildman–Crippen LogP) is 1.60. The molecule has 3 N–H and O–H groups in total. The molecule has 1 aromatic carbocycles. The summed E-state index contributed by atoms with van der Waals surface area (Å²) >= 11 is 0. The smallest absolute Gasteiger partial charge is 0.257 e. The Hall–Kier alpha value is -2.25. The molecule has 0 saturated heterocycles. The van der Waals surface area contributed by atoms with E-state index < -0.39 is 10.0 Å². The highest BCUT2D eigenvalue weighted by Gasteiger charge is 2.13. The maximum Gasteiger partial charge on any atom is 0.257 e. The highest BCUT2D eigenvalue weighted by molar-refractivity contribution is 7.89. The molecule has 2 rings (SSSR count). The third-order valence-corrected chi connectivity index (χ3v) is 3.94. The lowest BCUT2D eigenvalue weighted by atomic mass is 10.2. The summed E-state index contributed by atoms with van der Waals surface area (Å²) in [5, 5.41) is 7.76. The molecule has 0 aliphatic heterocycles. The molecule has 7 heteroatoms. The lowest BCUT2D eigenvalue weighted by Gasteiger charge is -2.09. The Morgan fingerprint density at radius 2 is 1.90 bits per heavy atom. The van der Waals surface area contributed by atoms with Crippen LogP contribution >= 0.6 is 0 Å². The minimum Gasteiger partial charge on any atom is -0.322 e. The number of hydrogen-bond donors (Lipinski definition) is 2. The first kappa shape index (κ1) is 15.1. The van der Waals surface area contributed by atoms with Gasteiger partial charge in [-0.15, -0.1) is 0 Å². The number of aryl methyl sites for hydroxylation is 2. The summed E-state index contributed by atoms with van der Waals surface area (Å²) in [6.45, 7) is 3.46. The second-order valence-electron chi connectivity index (χ2n) is 4.73. The molecule has 6 nitrogen and oxygen atoms in total. The molecule has 1 amide bonds. The fraction of sp³-hybridized carbons (Fsp3) is 0.143. The van der Waals surface area contributed by atoms with Gasteiger partial charge in [-0.05, 0) is 43.2 Å². The summed E-state index contributed by atoms with van der Waals surface area (Å²) in [7, 11) is -3.83. The number of hydrogen-bond acceptors (Lipinski definition) is 4. The first-order valence-electron chi connectivity index (χ1n) is 6.14. The first-order chi connectivity index (χ1) is 9.77. The first-order valence-corrected chi connectivity index (χ1v) is 7.68. The number of aromatic nitrogens is 1. The average Bonchev–Trinajstić information content (AvgIpc) is 2.39. The lowest BCUT2D eigenvalue weighted by Crippen LogP contribution is -2.16. The Bertz CT molecular complexity index is 801. The second kappa shape index (κ2) is 5.63. The van der Waals surface area contributed by atoms with Crippen molar-refractivity contribution in [1.82, 2.24) is 4.98 Å². The summed E-state index contributed by atoms with van der Waals surface area (Å²) in [6, 6.07) is 6.23. The molecule has 0 bridgehead atoms. The molecule has 0 atom stereocenters. The molecule has 0 saturated carbocycles. The fourth-order valence-electron chi connectivity index (χ4n) is 1.87. The van der Waals surface area contributed by atoms with Gasteiger partial charge >= 0.3 is 0 Å². The number of nitrogens with zero attached hydrogens (tertiary/aromatic N) is 1. The van der Waals surface area contributed by atoms with Gasteiger partial charge < -0.3 is 5.32 Å². The van der Waals surface area contributed by atoms with Crippen LogP contribution in [0, 0.1) is 13.8 Å². The summed E-state index contributed by atoms with van der Waals surface area (Å²) in [6.07, 6.45) is 3.08. The van der Waals surface area contributed by atoms with Crippen molar-refractivity contribution in [3.05, 3.63) is 53.3 Å².